The molecule has 1 aromatic rings. The molecule has 104 valence electrons. The van der Waals surface area contributed by atoms with Gasteiger partial charge in [-0.05, 0) is 18.6 Å². The van der Waals surface area contributed by atoms with E-state index < -0.39 is 35.0 Å². The molecule has 0 saturated carbocycles. The van der Waals surface area contributed by atoms with Gasteiger partial charge in [0.2, 0.25) is 0 Å². The van der Waals surface area contributed by atoms with Crippen molar-refractivity contribution in [2.45, 2.75) is 6.42 Å². The molecule has 0 heterocycles. The van der Waals surface area contributed by atoms with Gasteiger partial charge in [0.05, 0.1) is 5.69 Å². The molecular formula is C11H10ClF3N2O2. The van der Waals surface area contributed by atoms with Crippen LogP contribution in [0.15, 0.2) is 12.1 Å². The zero-order valence-electron chi connectivity index (χ0n) is 9.60. The topological polar surface area (TPSA) is 58.2 Å². The van der Waals surface area contributed by atoms with Crippen LogP contribution in [0.4, 0.5) is 18.9 Å². The van der Waals surface area contributed by atoms with Gasteiger partial charge in [0, 0.05) is 12.4 Å². The molecule has 0 bridgehead atoms. The van der Waals surface area contributed by atoms with Gasteiger partial charge in [-0.2, -0.15) is 0 Å². The van der Waals surface area contributed by atoms with E-state index in [9.17, 15) is 22.8 Å². The maximum Gasteiger partial charge on any atom is 0.313 e. The van der Waals surface area contributed by atoms with Crippen LogP contribution in [0, 0.1) is 17.5 Å². The number of benzene rings is 1. The van der Waals surface area contributed by atoms with Crippen molar-refractivity contribution in [2.24, 2.45) is 0 Å². The van der Waals surface area contributed by atoms with Gasteiger partial charge in [-0.25, -0.2) is 13.2 Å². The fourth-order valence-electron chi connectivity index (χ4n) is 1.15. The SMILES string of the molecule is O=C(NCCCCl)C(=O)Nc1ccc(F)c(F)c1F. The van der Waals surface area contributed by atoms with Crippen LogP contribution in [0.5, 0.6) is 0 Å². The molecule has 1 rings (SSSR count). The van der Waals surface area contributed by atoms with Gasteiger partial charge >= 0.3 is 11.8 Å². The summed E-state index contributed by atoms with van der Waals surface area (Å²) in [5.74, 6) is -6.57. The Morgan fingerprint density at radius 2 is 1.79 bits per heavy atom. The van der Waals surface area contributed by atoms with E-state index in [1.807, 2.05) is 5.32 Å². The number of alkyl halides is 1. The molecule has 0 aromatic heterocycles. The Bertz CT molecular complexity index is 497. The zero-order valence-corrected chi connectivity index (χ0v) is 10.4. The number of anilines is 1. The fourth-order valence-corrected chi connectivity index (χ4v) is 1.28. The third kappa shape index (κ3) is 4.13. The normalized spacial score (nSPS) is 10.1. The molecule has 0 radical (unpaired) electrons. The quantitative estimate of drug-likeness (QED) is 0.385. The van der Waals surface area contributed by atoms with E-state index in [4.69, 9.17) is 11.6 Å². The van der Waals surface area contributed by atoms with Crippen molar-refractivity contribution in [1.82, 2.24) is 5.32 Å². The highest BCUT2D eigenvalue weighted by atomic mass is 35.5. The van der Waals surface area contributed by atoms with Crippen molar-refractivity contribution in [1.29, 1.82) is 0 Å². The van der Waals surface area contributed by atoms with Gasteiger partial charge in [-0.3, -0.25) is 9.59 Å². The first-order valence-corrected chi connectivity index (χ1v) is 5.79. The second-order valence-electron chi connectivity index (χ2n) is 3.48. The molecule has 0 aliphatic carbocycles. The summed E-state index contributed by atoms with van der Waals surface area (Å²) in [6.45, 7) is 0.177. The minimum atomic E-state index is -1.72. The number of halogens is 4. The van der Waals surface area contributed by atoms with E-state index in [1.165, 1.54) is 0 Å². The van der Waals surface area contributed by atoms with Crippen molar-refractivity contribution >= 4 is 29.1 Å². The average molecular weight is 295 g/mol. The molecule has 2 N–H and O–H groups in total. The van der Waals surface area contributed by atoms with E-state index in [0.717, 1.165) is 6.07 Å². The molecule has 0 fully saturated rings. The van der Waals surface area contributed by atoms with E-state index in [2.05, 4.69) is 5.32 Å². The minimum Gasteiger partial charge on any atom is -0.348 e. The molecule has 0 aliphatic heterocycles. The van der Waals surface area contributed by atoms with Crippen LogP contribution in [0.3, 0.4) is 0 Å². The number of hydrogen-bond acceptors (Lipinski definition) is 2. The molecule has 0 aliphatic rings. The second kappa shape index (κ2) is 6.98. The predicted molar refractivity (Wildman–Crippen MR) is 63.3 cm³/mol. The van der Waals surface area contributed by atoms with Crippen molar-refractivity contribution in [2.75, 3.05) is 17.7 Å². The van der Waals surface area contributed by atoms with Crippen LogP contribution in [0.1, 0.15) is 6.42 Å². The summed E-state index contributed by atoms with van der Waals surface area (Å²) in [4.78, 5) is 22.5. The Hall–Kier alpha value is -1.76. The molecule has 1 aromatic carbocycles. The summed E-state index contributed by atoms with van der Waals surface area (Å²) in [5.41, 5.74) is -0.614. The van der Waals surface area contributed by atoms with Crippen LogP contribution in [0.25, 0.3) is 0 Å². The van der Waals surface area contributed by atoms with Gasteiger partial charge in [0.25, 0.3) is 0 Å². The monoisotopic (exact) mass is 294 g/mol. The summed E-state index contributed by atoms with van der Waals surface area (Å²) in [6.07, 6.45) is 0.458. The minimum absolute atomic E-state index is 0.177. The average Bonchev–Trinajstić information content (AvgIpc) is 2.39. The zero-order chi connectivity index (χ0) is 14.4. The van der Waals surface area contributed by atoms with Crippen LogP contribution < -0.4 is 10.6 Å². The molecule has 2 amide bonds. The number of rotatable bonds is 4. The van der Waals surface area contributed by atoms with Crippen LogP contribution in [-0.4, -0.2) is 24.2 Å². The summed E-state index contributed by atoms with van der Waals surface area (Å²) >= 11 is 5.37. The molecular weight excluding hydrogens is 285 g/mol. The lowest BCUT2D eigenvalue weighted by molar-refractivity contribution is -0.136. The van der Waals surface area contributed by atoms with Gasteiger partial charge in [-0.15, -0.1) is 11.6 Å². The van der Waals surface area contributed by atoms with Crippen LogP contribution in [0.2, 0.25) is 0 Å². The standard InChI is InChI=1S/C11H10ClF3N2O2/c12-4-1-5-16-10(18)11(19)17-7-3-2-6(13)8(14)9(7)15/h2-3H,1,4-5H2,(H,16,18)(H,17,19). The first-order chi connectivity index (χ1) is 8.97. The second-order valence-corrected chi connectivity index (χ2v) is 3.85. The van der Waals surface area contributed by atoms with Crippen molar-refractivity contribution in [3.63, 3.8) is 0 Å². The first kappa shape index (κ1) is 15.3. The van der Waals surface area contributed by atoms with Gasteiger partial charge in [-0.1, -0.05) is 0 Å². The van der Waals surface area contributed by atoms with Crippen molar-refractivity contribution < 1.29 is 22.8 Å². The highest BCUT2D eigenvalue weighted by Gasteiger charge is 2.18. The highest BCUT2D eigenvalue weighted by molar-refractivity contribution is 6.39. The van der Waals surface area contributed by atoms with Crippen LogP contribution >= 0.6 is 11.6 Å². The third-order valence-electron chi connectivity index (χ3n) is 2.09. The highest BCUT2D eigenvalue weighted by Crippen LogP contribution is 2.19. The lowest BCUT2D eigenvalue weighted by atomic mass is 10.2. The maximum atomic E-state index is 13.2. The van der Waals surface area contributed by atoms with E-state index in [-0.39, 0.29) is 6.54 Å². The summed E-state index contributed by atoms with van der Waals surface area (Å²) in [6, 6.07) is 1.46. The summed E-state index contributed by atoms with van der Waals surface area (Å²) in [7, 11) is 0. The Labute approximate surface area is 111 Å². The number of hydrogen-bond donors (Lipinski definition) is 2. The number of carbonyl (C=O) groups is 2. The number of carbonyl (C=O) groups excluding carboxylic acids is 2. The summed E-state index contributed by atoms with van der Waals surface area (Å²) in [5, 5.41) is 4.06. The van der Waals surface area contributed by atoms with Gasteiger partial charge in [0.15, 0.2) is 17.5 Å². The third-order valence-corrected chi connectivity index (χ3v) is 2.35. The largest absolute Gasteiger partial charge is 0.348 e. The Morgan fingerprint density at radius 3 is 2.42 bits per heavy atom. The lowest BCUT2D eigenvalue weighted by Gasteiger charge is -2.07. The van der Waals surface area contributed by atoms with E-state index in [1.54, 1.807) is 0 Å². The van der Waals surface area contributed by atoms with Gasteiger partial charge in [0.1, 0.15) is 0 Å². The Balaban J connectivity index is 2.67. The fraction of sp³-hybridized carbons (Fsp3) is 0.273. The van der Waals surface area contributed by atoms with Crippen molar-refractivity contribution in [3.05, 3.63) is 29.6 Å². The predicted octanol–water partition coefficient (Wildman–Crippen LogP) is 1.79. The first-order valence-electron chi connectivity index (χ1n) is 5.26. The molecule has 0 spiro atoms. The molecule has 0 unspecified atom stereocenters. The molecule has 19 heavy (non-hydrogen) atoms. The van der Waals surface area contributed by atoms with Crippen LogP contribution in [-0.2, 0) is 9.59 Å². The number of nitrogens with one attached hydrogen (secondary N) is 2. The molecule has 0 atom stereocenters. The molecule has 0 saturated heterocycles. The maximum absolute atomic E-state index is 13.2. The lowest BCUT2D eigenvalue weighted by Crippen LogP contribution is -2.36. The van der Waals surface area contributed by atoms with Gasteiger partial charge < -0.3 is 10.6 Å². The summed E-state index contributed by atoms with van der Waals surface area (Å²) < 4.78 is 38.7. The van der Waals surface area contributed by atoms with E-state index in [0.29, 0.717) is 18.4 Å². The van der Waals surface area contributed by atoms with E-state index >= 15 is 0 Å². The molecule has 4 nitrogen and oxygen atoms in total. The smallest absolute Gasteiger partial charge is 0.313 e. The Kier molecular flexibility index (Phi) is 5.62. The Morgan fingerprint density at radius 1 is 1.11 bits per heavy atom. The van der Waals surface area contributed by atoms with Crippen molar-refractivity contribution in [3.8, 4) is 0 Å². The number of amides is 2. The molecule has 8 heteroatoms.